The minimum Gasteiger partial charge on any atom is -0.383 e. The third-order valence-electron chi connectivity index (χ3n) is 5.16. The van der Waals surface area contributed by atoms with Crippen LogP contribution in [0.3, 0.4) is 0 Å². The van der Waals surface area contributed by atoms with Gasteiger partial charge in [0.2, 0.25) is 0 Å². The maximum atomic E-state index is 12.9. The van der Waals surface area contributed by atoms with E-state index in [0.29, 0.717) is 28.9 Å². The smallest absolute Gasteiger partial charge is 0.276 e. The number of rotatable bonds is 6. The molecule has 0 aromatic carbocycles. The first kappa shape index (κ1) is 19.0. The molecule has 0 spiro atoms. The van der Waals surface area contributed by atoms with Crippen molar-refractivity contribution < 1.29 is 4.79 Å². The molecule has 150 valence electrons. The quantitative estimate of drug-likeness (QED) is 0.661. The molecule has 4 heterocycles. The van der Waals surface area contributed by atoms with E-state index in [9.17, 15) is 4.79 Å². The fourth-order valence-electron chi connectivity index (χ4n) is 3.54. The second kappa shape index (κ2) is 8.79. The van der Waals surface area contributed by atoms with E-state index in [2.05, 4.69) is 36.1 Å². The van der Waals surface area contributed by atoms with E-state index in [1.165, 1.54) is 12.4 Å². The molecule has 2 aliphatic rings. The van der Waals surface area contributed by atoms with E-state index >= 15 is 0 Å². The van der Waals surface area contributed by atoms with Gasteiger partial charge in [0.05, 0.1) is 18.1 Å². The number of nitrogens with zero attached hydrogens (tertiary/aromatic N) is 6. The van der Waals surface area contributed by atoms with Gasteiger partial charge in [0, 0.05) is 25.7 Å². The zero-order chi connectivity index (χ0) is 20.1. The highest BCUT2D eigenvalue weighted by Gasteiger charge is 2.25. The van der Waals surface area contributed by atoms with E-state index < -0.39 is 0 Å². The summed E-state index contributed by atoms with van der Waals surface area (Å²) in [6.07, 6.45) is 5.99. The van der Waals surface area contributed by atoms with E-state index in [4.69, 9.17) is 5.26 Å². The zero-order valence-electron chi connectivity index (χ0n) is 16.1. The lowest BCUT2D eigenvalue weighted by Gasteiger charge is -2.19. The first-order valence-electron chi connectivity index (χ1n) is 9.83. The first-order chi connectivity index (χ1) is 14.2. The van der Waals surface area contributed by atoms with Crippen molar-refractivity contribution in [1.82, 2.24) is 30.4 Å². The topological polar surface area (TPSA) is 132 Å². The predicted molar refractivity (Wildman–Crippen MR) is 107 cm³/mol. The maximum absolute atomic E-state index is 12.9. The Kier molecular flexibility index (Phi) is 5.76. The summed E-state index contributed by atoms with van der Waals surface area (Å²) >= 11 is 0. The van der Waals surface area contributed by atoms with Crippen LogP contribution in [0.4, 0.5) is 17.3 Å². The lowest BCUT2D eigenvalue weighted by Crippen LogP contribution is -2.30. The summed E-state index contributed by atoms with van der Waals surface area (Å²) in [5, 5.41) is 27.0. The highest BCUT2D eigenvalue weighted by atomic mass is 16.2. The van der Waals surface area contributed by atoms with Crippen molar-refractivity contribution in [3.8, 4) is 6.07 Å². The van der Waals surface area contributed by atoms with Crippen molar-refractivity contribution in [3.05, 3.63) is 29.8 Å². The molecule has 3 N–H and O–H groups in total. The lowest BCUT2D eigenvalue weighted by molar-refractivity contribution is 0.0787. The van der Waals surface area contributed by atoms with E-state index in [0.717, 1.165) is 52.0 Å². The van der Waals surface area contributed by atoms with Gasteiger partial charge in [-0.2, -0.15) is 5.26 Å². The second-order valence-electron chi connectivity index (χ2n) is 7.25. The van der Waals surface area contributed by atoms with Gasteiger partial charge in [-0.3, -0.25) is 4.79 Å². The molecule has 2 aliphatic heterocycles. The highest BCUT2D eigenvalue weighted by Crippen LogP contribution is 2.23. The molecule has 2 fully saturated rings. The van der Waals surface area contributed by atoms with Crippen LogP contribution in [0.5, 0.6) is 0 Å². The summed E-state index contributed by atoms with van der Waals surface area (Å²) in [6.45, 7) is 4.26. The van der Waals surface area contributed by atoms with Crippen LogP contribution < -0.4 is 16.0 Å². The Balaban J connectivity index is 1.54. The Morgan fingerprint density at radius 1 is 1.24 bits per heavy atom. The van der Waals surface area contributed by atoms with Crippen molar-refractivity contribution in [2.45, 2.75) is 19.3 Å². The normalized spacial score (nSPS) is 18.4. The molecular weight excluding hydrogens is 370 g/mol. The van der Waals surface area contributed by atoms with Crippen molar-refractivity contribution >= 4 is 23.2 Å². The molecular formula is C19H23N9O. The Bertz CT molecular complexity index is 897. The summed E-state index contributed by atoms with van der Waals surface area (Å²) in [5.41, 5.74) is 1.24. The average molecular weight is 393 g/mol. The summed E-state index contributed by atoms with van der Waals surface area (Å²) in [7, 11) is 0. The maximum Gasteiger partial charge on any atom is 0.276 e. The van der Waals surface area contributed by atoms with Gasteiger partial charge in [-0.1, -0.05) is 0 Å². The summed E-state index contributed by atoms with van der Waals surface area (Å²) < 4.78 is 0. The molecule has 1 atom stereocenters. The van der Waals surface area contributed by atoms with Gasteiger partial charge in [0.15, 0.2) is 17.2 Å². The molecule has 1 unspecified atom stereocenters. The van der Waals surface area contributed by atoms with E-state index in [1.54, 1.807) is 6.07 Å². The number of amides is 1. The van der Waals surface area contributed by atoms with E-state index in [1.807, 2.05) is 11.0 Å². The second-order valence-corrected chi connectivity index (χ2v) is 7.25. The number of carbonyl (C=O) groups is 1. The van der Waals surface area contributed by atoms with Crippen LogP contribution in [-0.2, 0) is 0 Å². The van der Waals surface area contributed by atoms with Gasteiger partial charge in [-0.05, 0) is 38.3 Å². The van der Waals surface area contributed by atoms with Gasteiger partial charge in [0.25, 0.3) is 5.91 Å². The van der Waals surface area contributed by atoms with Crippen molar-refractivity contribution in [3.63, 3.8) is 0 Å². The highest BCUT2D eigenvalue weighted by molar-refractivity contribution is 5.98. The zero-order valence-corrected chi connectivity index (χ0v) is 16.1. The van der Waals surface area contributed by atoms with Crippen molar-refractivity contribution in [2.24, 2.45) is 5.92 Å². The largest absolute Gasteiger partial charge is 0.383 e. The summed E-state index contributed by atoms with van der Waals surface area (Å²) in [4.78, 5) is 22.8. The minimum atomic E-state index is -0.0910. The number of carbonyl (C=O) groups excluding carboxylic acids is 1. The average Bonchev–Trinajstić information content (AvgIpc) is 3.47. The predicted octanol–water partition coefficient (Wildman–Crippen LogP) is 1.14. The van der Waals surface area contributed by atoms with Crippen LogP contribution in [0.1, 0.15) is 35.4 Å². The van der Waals surface area contributed by atoms with Crippen LogP contribution in [0.15, 0.2) is 18.5 Å². The number of anilines is 3. The third-order valence-corrected chi connectivity index (χ3v) is 5.16. The molecule has 0 saturated carbocycles. The molecule has 2 aromatic heterocycles. The number of hydrogen-bond acceptors (Lipinski definition) is 9. The van der Waals surface area contributed by atoms with Gasteiger partial charge in [0.1, 0.15) is 11.9 Å². The van der Waals surface area contributed by atoms with Crippen LogP contribution in [-0.4, -0.2) is 63.7 Å². The Hall–Kier alpha value is -3.32. The summed E-state index contributed by atoms with van der Waals surface area (Å²) in [6, 6.07) is 3.71. The first-order valence-corrected chi connectivity index (χ1v) is 9.83. The Labute approximate surface area is 168 Å². The molecule has 10 nitrogen and oxygen atoms in total. The molecule has 10 heteroatoms. The number of aromatic nitrogens is 4. The summed E-state index contributed by atoms with van der Waals surface area (Å²) in [5.74, 6) is 1.32. The van der Waals surface area contributed by atoms with Gasteiger partial charge < -0.3 is 20.9 Å². The van der Waals surface area contributed by atoms with Crippen LogP contribution in [0.25, 0.3) is 0 Å². The number of nitriles is 1. The van der Waals surface area contributed by atoms with Crippen molar-refractivity contribution in [2.75, 3.05) is 43.4 Å². The fraction of sp³-hybridized carbons (Fsp3) is 0.474. The molecule has 4 rings (SSSR count). The third kappa shape index (κ3) is 4.57. The standard InChI is InChI=1S/C19H23N9O/c20-8-14-11-24-17(12-22-14)25-16-7-15(23-10-13-3-4-21-9-13)18(27-26-16)19(29)28-5-1-2-6-28/h7,11-13,21H,1-6,9-10H2,(H2,23,24,25,26). The Morgan fingerprint density at radius 2 is 2.10 bits per heavy atom. The Morgan fingerprint density at radius 3 is 2.79 bits per heavy atom. The van der Waals surface area contributed by atoms with E-state index in [-0.39, 0.29) is 11.6 Å². The molecule has 1 amide bonds. The monoisotopic (exact) mass is 393 g/mol. The van der Waals surface area contributed by atoms with Crippen LogP contribution in [0.2, 0.25) is 0 Å². The van der Waals surface area contributed by atoms with Crippen LogP contribution >= 0.6 is 0 Å². The lowest BCUT2D eigenvalue weighted by atomic mass is 10.1. The van der Waals surface area contributed by atoms with Crippen molar-refractivity contribution in [1.29, 1.82) is 5.26 Å². The van der Waals surface area contributed by atoms with Gasteiger partial charge in [-0.15, -0.1) is 10.2 Å². The molecule has 0 radical (unpaired) electrons. The SMILES string of the molecule is N#Cc1cnc(Nc2cc(NCC3CCNC3)c(C(=O)N3CCCC3)nn2)cn1. The number of likely N-dealkylation sites (tertiary alicyclic amines) is 1. The van der Waals surface area contributed by atoms with Crippen LogP contribution in [0, 0.1) is 17.2 Å². The minimum absolute atomic E-state index is 0.0910. The van der Waals surface area contributed by atoms with Gasteiger partial charge >= 0.3 is 0 Å². The van der Waals surface area contributed by atoms with Gasteiger partial charge in [-0.25, -0.2) is 9.97 Å². The number of hydrogen-bond donors (Lipinski definition) is 3. The fourth-order valence-corrected chi connectivity index (χ4v) is 3.54. The molecule has 0 aliphatic carbocycles. The number of nitrogens with one attached hydrogen (secondary N) is 3. The molecule has 2 aromatic rings. The molecule has 2 saturated heterocycles. The molecule has 0 bridgehead atoms. The molecule has 29 heavy (non-hydrogen) atoms.